The zero-order valence-electron chi connectivity index (χ0n) is 14.4. The van der Waals surface area contributed by atoms with Gasteiger partial charge in [-0.15, -0.1) is 0 Å². The second kappa shape index (κ2) is 8.86. The molecule has 0 saturated heterocycles. The lowest BCUT2D eigenvalue weighted by atomic mass is 10.2. The molecule has 1 aromatic carbocycles. The molecule has 0 unspecified atom stereocenters. The number of nitrogens with zero attached hydrogens (tertiary/aromatic N) is 2. The summed E-state index contributed by atoms with van der Waals surface area (Å²) in [6, 6.07) is 8.88. The molecule has 6 nitrogen and oxygen atoms in total. The van der Waals surface area contributed by atoms with E-state index in [1.165, 1.54) is 12.8 Å². The topological polar surface area (TPSA) is 76.1 Å². The van der Waals surface area contributed by atoms with Crippen LogP contribution in [-0.4, -0.2) is 29.5 Å². The Kier molecular flexibility index (Phi) is 6.54. The lowest BCUT2D eigenvalue weighted by molar-refractivity contribution is 0.102. The minimum atomic E-state index is -0.273. The van der Waals surface area contributed by atoms with Crippen molar-refractivity contribution >= 4 is 17.4 Å². The van der Waals surface area contributed by atoms with Gasteiger partial charge in [0.05, 0.1) is 7.11 Å². The highest BCUT2D eigenvalue weighted by molar-refractivity contribution is 6.03. The molecule has 128 valence electrons. The van der Waals surface area contributed by atoms with Crippen molar-refractivity contribution in [3.05, 3.63) is 41.9 Å². The fourth-order valence-corrected chi connectivity index (χ4v) is 2.26. The molecule has 0 radical (unpaired) electrons. The molecule has 0 bridgehead atoms. The lowest BCUT2D eigenvalue weighted by Gasteiger charge is -2.09. The van der Waals surface area contributed by atoms with Crippen LogP contribution in [0.5, 0.6) is 5.75 Å². The maximum absolute atomic E-state index is 12.4. The molecular formula is C18H24N4O2. The number of nitrogens with one attached hydrogen (secondary N) is 2. The van der Waals surface area contributed by atoms with Gasteiger partial charge >= 0.3 is 0 Å². The highest BCUT2D eigenvalue weighted by atomic mass is 16.5. The average Bonchev–Trinajstić information content (AvgIpc) is 2.58. The number of amides is 1. The number of carbonyl (C=O) groups excluding carboxylic acids is 1. The standard InChI is InChI=1S/C18H24N4O2/c1-4-5-6-10-19-17-12-16(20-13(2)21-17)18(23)22-14-8-7-9-15(11-14)24-3/h7-9,11-12H,4-6,10H2,1-3H3,(H,22,23)(H,19,20,21). The van der Waals surface area contributed by atoms with E-state index in [9.17, 15) is 4.79 Å². The van der Waals surface area contributed by atoms with Gasteiger partial charge in [-0.2, -0.15) is 0 Å². The van der Waals surface area contributed by atoms with Crippen molar-refractivity contribution in [3.63, 3.8) is 0 Å². The van der Waals surface area contributed by atoms with Gasteiger partial charge in [-0.3, -0.25) is 4.79 Å². The highest BCUT2D eigenvalue weighted by Gasteiger charge is 2.11. The Morgan fingerprint density at radius 2 is 2.04 bits per heavy atom. The maximum atomic E-state index is 12.4. The number of rotatable bonds is 8. The van der Waals surface area contributed by atoms with Crippen LogP contribution < -0.4 is 15.4 Å². The Balaban J connectivity index is 2.06. The van der Waals surface area contributed by atoms with Gasteiger partial charge in [-0.05, 0) is 25.5 Å². The Morgan fingerprint density at radius 3 is 2.79 bits per heavy atom. The summed E-state index contributed by atoms with van der Waals surface area (Å²) in [5.74, 6) is 1.65. The van der Waals surface area contributed by atoms with Gasteiger partial charge in [0.2, 0.25) is 0 Å². The van der Waals surface area contributed by atoms with Crippen LogP contribution in [0.1, 0.15) is 42.5 Å². The van der Waals surface area contributed by atoms with Crippen molar-refractivity contribution in [2.45, 2.75) is 33.1 Å². The number of carbonyl (C=O) groups is 1. The number of hydrogen-bond acceptors (Lipinski definition) is 5. The molecule has 0 atom stereocenters. The Bertz CT molecular complexity index is 688. The monoisotopic (exact) mass is 328 g/mol. The summed E-state index contributed by atoms with van der Waals surface area (Å²) in [4.78, 5) is 21.0. The second-order valence-electron chi connectivity index (χ2n) is 5.51. The lowest BCUT2D eigenvalue weighted by Crippen LogP contribution is -2.16. The number of aromatic nitrogens is 2. The van der Waals surface area contributed by atoms with Crippen LogP contribution in [-0.2, 0) is 0 Å². The summed E-state index contributed by atoms with van der Waals surface area (Å²) in [5, 5.41) is 6.07. The van der Waals surface area contributed by atoms with Crippen molar-refractivity contribution in [1.82, 2.24) is 9.97 Å². The molecule has 1 amide bonds. The van der Waals surface area contributed by atoms with Crippen molar-refractivity contribution in [2.24, 2.45) is 0 Å². The van der Waals surface area contributed by atoms with Gasteiger partial charge in [0.25, 0.3) is 5.91 Å². The van der Waals surface area contributed by atoms with Crippen molar-refractivity contribution in [3.8, 4) is 5.75 Å². The van der Waals surface area contributed by atoms with Crippen LogP contribution in [0.25, 0.3) is 0 Å². The van der Waals surface area contributed by atoms with E-state index in [-0.39, 0.29) is 5.91 Å². The van der Waals surface area contributed by atoms with Gasteiger partial charge in [0, 0.05) is 24.4 Å². The first kappa shape index (κ1) is 17.7. The fourth-order valence-electron chi connectivity index (χ4n) is 2.26. The SMILES string of the molecule is CCCCCNc1cc(C(=O)Nc2cccc(OC)c2)nc(C)n1. The molecule has 0 saturated carbocycles. The van der Waals surface area contributed by atoms with E-state index in [1.54, 1.807) is 32.2 Å². The van der Waals surface area contributed by atoms with Crippen LogP contribution >= 0.6 is 0 Å². The molecule has 24 heavy (non-hydrogen) atoms. The van der Waals surface area contributed by atoms with Crippen LogP contribution in [0.15, 0.2) is 30.3 Å². The average molecular weight is 328 g/mol. The largest absolute Gasteiger partial charge is 0.497 e. The molecule has 0 aliphatic carbocycles. The maximum Gasteiger partial charge on any atom is 0.274 e. The van der Waals surface area contributed by atoms with Crippen LogP contribution in [0.4, 0.5) is 11.5 Å². The zero-order valence-corrected chi connectivity index (χ0v) is 14.4. The summed E-state index contributed by atoms with van der Waals surface area (Å²) in [6.07, 6.45) is 3.41. The van der Waals surface area contributed by atoms with E-state index in [0.29, 0.717) is 28.8 Å². The van der Waals surface area contributed by atoms with Gasteiger partial charge < -0.3 is 15.4 Å². The first-order valence-corrected chi connectivity index (χ1v) is 8.17. The van der Waals surface area contributed by atoms with Crippen LogP contribution in [0.3, 0.4) is 0 Å². The third-order valence-corrected chi connectivity index (χ3v) is 3.48. The van der Waals surface area contributed by atoms with Crippen molar-refractivity contribution < 1.29 is 9.53 Å². The van der Waals surface area contributed by atoms with Gasteiger partial charge in [0.15, 0.2) is 0 Å². The summed E-state index contributed by atoms with van der Waals surface area (Å²) < 4.78 is 5.16. The number of aryl methyl sites for hydroxylation is 1. The number of methoxy groups -OCH3 is 1. The van der Waals surface area contributed by atoms with Gasteiger partial charge in [0.1, 0.15) is 23.1 Å². The number of anilines is 2. The molecular weight excluding hydrogens is 304 g/mol. The minimum absolute atomic E-state index is 0.273. The molecule has 2 N–H and O–H groups in total. The zero-order chi connectivity index (χ0) is 17.4. The fraction of sp³-hybridized carbons (Fsp3) is 0.389. The Hall–Kier alpha value is -2.63. The molecule has 2 aromatic rings. The first-order chi connectivity index (χ1) is 11.6. The summed E-state index contributed by atoms with van der Waals surface area (Å²) in [5.41, 5.74) is 0.997. The molecule has 1 aromatic heterocycles. The van der Waals surface area contributed by atoms with Crippen LogP contribution in [0.2, 0.25) is 0 Å². The smallest absolute Gasteiger partial charge is 0.274 e. The van der Waals surface area contributed by atoms with E-state index in [2.05, 4.69) is 27.5 Å². The van der Waals surface area contributed by atoms with E-state index in [0.717, 1.165) is 13.0 Å². The van der Waals surface area contributed by atoms with Crippen LogP contribution in [0, 0.1) is 6.92 Å². The molecule has 0 aliphatic heterocycles. The van der Waals surface area contributed by atoms with E-state index in [1.807, 2.05) is 12.1 Å². The summed E-state index contributed by atoms with van der Waals surface area (Å²) in [7, 11) is 1.59. The highest BCUT2D eigenvalue weighted by Crippen LogP contribution is 2.17. The first-order valence-electron chi connectivity index (χ1n) is 8.17. The molecule has 0 aliphatic rings. The normalized spacial score (nSPS) is 10.3. The summed E-state index contributed by atoms with van der Waals surface area (Å²) >= 11 is 0. The molecule has 6 heteroatoms. The second-order valence-corrected chi connectivity index (χ2v) is 5.51. The quantitative estimate of drug-likeness (QED) is 0.723. The third kappa shape index (κ3) is 5.22. The molecule has 0 fully saturated rings. The van der Waals surface area contributed by atoms with Gasteiger partial charge in [-0.25, -0.2) is 9.97 Å². The number of ether oxygens (including phenoxy) is 1. The third-order valence-electron chi connectivity index (χ3n) is 3.48. The Morgan fingerprint density at radius 1 is 1.21 bits per heavy atom. The van der Waals surface area contributed by atoms with E-state index in [4.69, 9.17) is 4.74 Å². The molecule has 0 spiro atoms. The van der Waals surface area contributed by atoms with Gasteiger partial charge in [-0.1, -0.05) is 25.8 Å². The predicted octanol–water partition coefficient (Wildman–Crippen LogP) is 3.65. The minimum Gasteiger partial charge on any atom is -0.497 e. The van der Waals surface area contributed by atoms with Crippen molar-refractivity contribution in [1.29, 1.82) is 0 Å². The number of benzene rings is 1. The van der Waals surface area contributed by atoms with Crippen molar-refractivity contribution in [2.75, 3.05) is 24.3 Å². The molecule has 1 heterocycles. The summed E-state index contributed by atoms with van der Waals surface area (Å²) in [6.45, 7) is 4.77. The molecule has 2 rings (SSSR count). The Labute approximate surface area is 142 Å². The number of hydrogen-bond donors (Lipinski definition) is 2. The predicted molar refractivity (Wildman–Crippen MR) is 95.7 cm³/mol. The number of unbranched alkanes of at least 4 members (excludes halogenated alkanes) is 2. The van der Waals surface area contributed by atoms with E-state index < -0.39 is 0 Å². The van der Waals surface area contributed by atoms with E-state index >= 15 is 0 Å².